The number of carbonyl (C=O) groups excluding carboxylic acids is 1. The van der Waals surface area contributed by atoms with Gasteiger partial charge in [-0.15, -0.1) is 0 Å². The van der Waals surface area contributed by atoms with E-state index in [0.29, 0.717) is 10.2 Å². The molecule has 1 amide bonds. The number of hydrogen-bond acceptors (Lipinski definition) is 2. The lowest BCUT2D eigenvalue weighted by Gasteiger charge is -2.04. The fraction of sp³-hybridized carbons (Fsp3) is 0. The molecule has 0 aliphatic carbocycles. The average molecular weight is 335 g/mol. The molecule has 0 atom stereocenters. The Morgan fingerprint density at radius 1 is 1.25 bits per heavy atom. The SMILES string of the molecule is Nc1cccc(/C=C/C(=O)Nc2cc(Br)ccc2F)c1. The van der Waals surface area contributed by atoms with E-state index in [1.807, 2.05) is 6.07 Å². The first-order valence-electron chi connectivity index (χ1n) is 5.84. The first kappa shape index (κ1) is 14.3. The van der Waals surface area contributed by atoms with Crippen molar-refractivity contribution >= 4 is 39.3 Å². The highest BCUT2D eigenvalue weighted by Crippen LogP contribution is 2.20. The van der Waals surface area contributed by atoms with Gasteiger partial charge in [-0.3, -0.25) is 4.79 Å². The van der Waals surface area contributed by atoms with Gasteiger partial charge >= 0.3 is 0 Å². The number of nitrogens with one attached hydrogen (secondary N) is 1. The zero-order valence-corrected chi connectivity index (χ0v) is 12.0. The quantitative estimate of drug-likeness (QED) is 0.662. The second-order valence-electron chi connectivity index (χ2n) is 4.12. The molecule has 0 fully saturated rings. The summed E-state index contributed by atoms with van der Waals surface area (Å²) in [6, 6.07) is 11.5. The molecule has 102 valence electrons. The zero-order chi connectivity index (χ0) is 14.5. The fourth-order valence-electron chi connectivity index (χ4n) is 1.60. The van der Waals surface area contributed by atoms with Crippen LogP contribution in [0.5, 0.6) is 0 Å². The molecule has 2 rings (SSSR count). The van der Waals surface area contributed by atoms with Gasteiger partial charge in [-0.1, -0.05) is 28.1 Å². The van der Waals surface area contributed by atoms with Crippen LogP contribution in [-0.4, -0.2) is 5.91 Å². The van der Waals surface area contributed by atoms with Crippen molar-refractivity contribution in [1.29, 1.82) is 0 Å². The van der Waals surface area contributed by atoms with Gasteiger partial charge in [0.05, 0.1) is 5.69 Å². The summed E-state index contributed by atoms with van der Waals surface area (Å²) in [6.07, 6.45) is 2.94. The molecule has 5 heteroatoms. The van der Waals surface area contributed by atoms with Crippen molar-refractivity contribution < 1.29 is 9.18 Å². The monoisotopic (exact) mass is 334 g/mol. The number of halogens is 2. The zero-order valence-electron chi connectivity index (χ0n) is 10.4. The summed E-state index contributed by atoms with van der Waals surface area (Å²) in [5.41, 5.74) is 7.18. The van der Waals surface area contributed by atoms with Gasteiger partial charge < -0.3 is 11.1 Å². The standard InChI is InChI=1S/C15H12BrFN2O/c16-11-5-6-13(17)14(9-11)19-15(20)7-4-10-2-1-3-12(18)8-10/h1-9H,18H2,(H,19,20)/b7-4+. The van der Waals surface area contributed by atoms with E-state index in [9.17, 15) is 9.18 Å². The Morgan fingerprint density at radius 3 is 2.80 bits per heavy atom. The van der Waals surface area contributed by atoms with E-state index in [4.69, 9.17) is 5.73 Å². The number of benzene rings is 2. The number of nitrogens with two attached hydrogens (primary N) is 1. The molecular weight excluding hydrogens is 323 g/mol. The minimum atomic E-state index is -0.487. The van der Waals surface area contributed by atoms with Crippen molar-refractivity contribution in [1.82, 2.24) is 0 Å². The number of carbonyl (C=O) groups is 1. The van der Waals surface area contributed by atoms with Crippen LogP contribution in [-0.2, 0) is 4.79 Å². The maximum atomic E-state index is 13.5. The largest absolute Gasteiger partial charge is 0.399 e. The van der Waals surface area contributed by atoms with Crippen LogP contribution in [0.4, 0.5) is 15.8 Å². The van der Waals surface area contributed by atoms with E-state index < -0.39 is 11.7 Å². The van der Waals surface area contributed by atoms with Crippen molar-refractivity contribution in [3.05, 3.63) is 64.4 Å². The van der Waals surface area contributed by atoms with Crippen LogP contribution in [0.2, 0.25) is 0 Å². The number of anilines is 2. The van der Waals surface area contributed by atoms with Gasteiger partial charge in [0, 0.05) is 16.2 Å². The Kier molecular flexibility index (Phi) is 4.53. The fourth-order valence-corrected chi connectivity index (χ4v) is 1.96. The van der Waals surface area contributed by atoms with Gasteiger partial charge in [0.15, 0.2) is 0 Å². The third kappa shape index (κ3) is 3.93. The predicted molar refractivity (Wildman–Crippen MR) is 82.6 cm³/mol. The molecule has 0 bridgehead atoms. The van der Waals surface area contributed by atoms with Gasteiger partial charge in [0.25, 0.3) is 0 Å². The van der Waals surface area contributed by atoms with Gasteiger partial charge in [0.2, 0.25) is 5.91 Å². The molecule has 3 N–H and O–H groups in total. The van der Waals surface area contributed by atoms with Gasteiger partial charge in [0.1, 0.15) is 5.82 Å². The van der Waals surface area contributed by atoms with Crippen molar-refractivity contribution in [3.8, 4) is 0 Å². The highest BCUT2D eigenvalue weighted by molar-refractivity contribution is 9.10. The van der Waals surface area contributed by atoms with Gasteiger partial charge in [-0.2, -0.15) is 0 Å². The lowest BCUT2D eigenvalue weighted by molar-refractivity contribution is -0.111. The van der Waals surface area contributed by atoms with Crippen LogP contribution in [0, 0.1) is 5.82 Å². The molecule has 0 radical (unpaired) electrons. The third-order valence-corrected chi connectivity index (χ3v) is 3.02. The van der Waals surface area contributed by atoms with E-state index in [-0.39, 0.29) is 5.69 Å². The highest BCUT2D eigenvalue weighted by Gasteiger charge is 2.05. The first-order chi connectivity index (χ1) is 9.54. The van der Waals surface area contributed by atoms with Crippen LogP contribution < -0.4 is 11.1 Å². The topological polar surface area (TPSA) is 55.1 Å². The van der Waals surface area contributed by atoms with Gasteiger partial charge in [-0.05, 0) is 42.0 Å². The molecule has 20 heavy (non-hydrogen) atoms. The van der Waals surface area contributed by atoms with Crippen molar-refractivity contribution in [2.75, 3.05) is 11.1 Å². The number of rotatable bonds is 3. The van der Waals surface area contributed by atoms with E-state index in [1.54, 1.807) is 30.3 Å². The molecule has 0 aliphatic heterocycles. The normalized spacial score (nSPS) is 10.7. The highest BCUT2D eigenvalue weighted by atomic mass is 79.9. The average Bonchev–Trinajstić information content (AvgIpc) is 2.41. The summed E-state index contributed by atoms with van der Waals surface area (Å²) in [5, 5.41) is 2.47. The van der Waals surface area contributed by atoms with E-state index in [1.165, 1.54) is 18.2 Å². The third-order valence-electron chi connectivity index (χ3n) is 2.52. The molecule has 0 heterocycles. The molecule has 0 aromatic heterocycles. The Balaban J connectivity index is 2.07. The Labute approximate surface area is 124 Å². The lowest BCUT2D eigenvalue weighted by atomic mass is 10.2. The number of amides is 1. The Morgan fingerprint density at radius 2 is 2.05 bits per heavy atom. The molecule has 0 unspecified atom stereocenters. The molecule has 0 saturated carbocycles. The van der Waals surface area contributed by atoms with E-state index >= 15 is 0 Å². The van der Waals surface area contributed by atoms with E-state index in [0.717, 1.165) is 5.56 Å². The predicted octanol–water partition coefficient (Wildman–Crippen LogP) is 3.82. The van der Waals surface area contributed by atoms with Crippen LogP contribution >= 0.6 is 15.9 Å². The molecule has 3 nitrogen and oxygen atoms in total. The molecule has 0 saturated heterocycles. The lowest BCUT2D eigenvalue weighted by Crippen LogP contribution is -2.09. The molecular formula is C15H12BrFN2O. The van der Waals surface area contributed by atoms with Crippen LogP contribution in [0.15, 0.2) is 53.0 Å². The maximum absolute atomic E-state index is 13.5. The second kappa shape index (κ2) is 6.34. The van der Waals surface area contributed by atoms with Crippen LogP contribution in [0.3, 0.4) is 0 Å². The minimum absolute atomic E-state index is 0.126. The van der Waals surface area contributed by atoms with E-state index in [2.05, 4.69) is 21.2 Å². The van der Waals surface area contributed by atoms with Crippen LogP contribution in [0.1, 0.15) is 5.56 Å². The molecule has 0 aliphatic rings. The molecule has 2 aromatic carbocycles. The van der Waals surface area contributed by atoms with Crippen molar-refractivity contribution in [3.63, 3.8) is 0 Å². The first-order valence-corrected chi connectivity index (χ1v) is 6.63. The van der Waals surface area contributed by atoms with Crippen LogP contribution in [0.25, 0.3) is 6.08 Å². The summed E-state index contributed by atoms with van der Waals surface area (Å²) in [4.78, 5) is 11.7. The van der Waals surface area contributed by atoms with Gasteiger partial charge in [-0.25, -0.2) is 4.39 Å². The second-order valence-corrected chi connectivity index (χ2v) is 5.03. The molecule has 2 aromatic rings. The smallest absolute Gasteiger partial charge is 0.248 e. The maximum Gasteiger partial charge on any atom is 0.248 e. The number of nitrogen functional groups attached to an aromatic ring is 1. The van der Waals surface area contributed by atoms with Crippen molar-refractivity contribution in [2.24, 2.45) is 0 Å². The molecule has 0 spiro atoms. The Hall–Kier alpha value is -2.14. The van der Waals surface area contributed by atoms with Crippen molar-refractivity contribution in [2.45, 2.75) is 0 Å². The number of hydrogen-bond donors (Lipinski definition) is 2. The minimum Gasteiger partial charge on any atom is -0.399 e. The summed E-state index contributed by atoms with van der Waals surface area (Å²) in [7, 11) is 0. The Bertz CT molecular complexity index is 671. The summed E-state index contributed by atoms with van der Waals surface area (Å²) in [5.74, 6) is -0.900. The summed E-state index contributed by atoms with van der Waals surface area (Å²) in [6.45, 7) is 0. The summed E-state index contributed by atoms with van der Waals surface area (Å²) < 4.78 is 14.2. The summed E-state index contributed by atoms with van der Waals surface area (Å²) >= 11 is 3.22.